The molecule has 0 radical (unpaired) electrons. The van der Waals surface area contributed by atoms with Gasteiger partial charge >= 0.3 is 0 Å². The Bertz CT molecular complexity index is 664. The van der Waals surface area contributed by atoms with Gasteiger partial charge in [-0.1, -0.05) is 23.1 Å². The second kappa shape index (κ2) is 6.83. The van der Waals surface area contributed by atoms with Gasteiger partial charge in [-0.05, 0) is 6.92 Å². The van der Waals surface area contributed by atoms with E-state index in [0.717, 1.165) is 21.7 Å². The van der Waals surface area contributed by atoms with Crippen LogP contribution in [-0.4, -0.2) is 36.4 Å². The van der Waals surface area contributed by atoms with Crippen molar-refractivity contribution in [3.63, 3.8) is 0 Å². The summed E-state index contributed by atoms with van der Waals surface area (Å²) in [4.78, 5) is 4.31. The number of sulfone groups is 1. The summed E-state index contributed by atoms with van der Waals surface area (Å²) in [5, 5.41) is 14.5. The van der Waals surface area contributed by atoms with Gasteiger partial charge in [-0.25, -0.2) is 13.4 Å². The Balaban J connectivity index is 1.90. The lowest BCUT2D eigenvalue weighted by molar-refractivity contribution is 0.601. The fraction of sp³-hybridized carbons (Fsp3) is 0.500. The van der Waals surface area contributed by atoms with E-state index in [1.807, 2.05) is 12.3 Å². The lowest BCUT2D eigenvalue weighted by Gasteiger charge is -1.94. The Morgan fingerprint density at radius 3 is 2.90 bits per heavy atom. The van der Waals surface area contributed by atoms with Crippen LogP contribution >= 0.6 is 34.4 Å². The van der Waals surface area contributed by atoms with Crippen LogP contribution in [0.3, 0.4) is 0 Å². The molecule has 2 heterocycles. The van der Waals surface area contributed by atoms with Crippen molar-refractivity contribution in [2.45, 2.75) is 22.8 Å². The van der Waals surface area contributed by atoms with Crippen LogP contribution in [0.25, 0.3) is 0 Å². The van der Waals surface area contributed by atoms with E-state index in [0.29, 0.717) is 10.8 Å². The number of nitrogens with one attached hydrogen (secondary N) is 1. The summed E-state index contributed by atoms with van der Waals surface area (Å²) >= 11 is 4.43. The minimum Gasteiger partial charge on any atom is -0.360 e. The Morgan fingerprint density at radius 1 is 1.40 bits per heavy atom. The van der Waals surface area contributed by atoms with Crippen LogP contribution in [0.1, 0.15) is 17.6 Å². The minimum atomic E-state index is -3.02. The molecule has 0 aliphatic heterocycles. The average Bonchev–Trinajstić information content (AvgIpc) is 2.94. The van der Waals surface area contributed by atoms with E-state index in [4.69, 9.17) is 0 Å². The van der Waals surface area contributed by atoms with Gasteiger partial charge in [-0.15, -0.1) is 21.5 Å². The molecule has 6 nitrogen and oxygen atoms in total. The van der Waals surface area contributed by atoms with Crippen molar-refractivity contribution in [1.82, 2.24) is 15.2 Å². The number of thiazole rings is 1. The summed E-state index contributed by atoms with van der Waals surface area (Å²) in [5.74, 6) is 0.673. The van der Waals surface area contributed by atoms with E-state index in [2.05, 4.69) is 20.5 Å². The third-order valence-corrected chi connectivity index (χ3v) is 5.99. The Morgan fingerprint density at radius 2 is 2.20 bits per heavy atom. The number of thioether (sulfide) groups is 1. The van der Waals surface area contributed by atoms with Crippen molar-refractivity contribution in [2.24, 2.45) is 0 Å². The van der Waals surface area contributed by atoms with Gasteiger partial charge in [0.15, 0.2) is 14.2 Å². The standard InChI is InChI=1S/C10H14N4O2S4/c1-3-11-9-13-14-10(19-9)18-5-7-4-17-8(12-7)6-20(2,15)16/h4H,3,5-6H2,1-2H3,(H,11,13). The van der Waals surface area contributed by atoms with Gasteiger partial charge in [-0.3, -0.25) is 0 Å². The molecule has 0 unspecified atom stereocenters. The predicted molar refractivity (Wildman–Crippen MR) is 84.3 cm³/mol. The first-order valence-electron chi connectivity index (χ1n) is 5.77. The van der Waals surface area contributed by atoms with E-state index in [1.165, 1.54) is 28.9 Å². The van der Waals surface area contributed by atoms with Crippen molar-refractivity contribution in [1.29, 1.82) is 0 Å². The quantitative estimate of drug-likeness (QED) is 0.767. The van der Waals surface area contributed by atoms with Crippen molar-refractivity contribution >= 4 is 49.4 Å². The van der Waals surface area contributed by atoms with Crippen LogP contribution in [0.4, 0.5) is 5.13 Å². The second-order valence-corrected chi connectivity index (χ2v) is 9.28. The monoisotopic (exact) mass is 350 g/mol. The van der Waals surface area contributed by atoms with Crippen molar-refractivity contribution in [2.75, 3.05) is 18.1 Å². The molecule has 2 aromatic heterocycles. The highest BCUT2D eigenvalue weighted by Gasteiger charge is 2.10. The van der Waals surface area contributed by atoms with Gasteiger partial charge in [0.05, 0.1) is 5.69 Å². The van der Waals surface area contributed by atoms with Gasteiger partial charge in [-0.2, -0.15) is 0 Å². The summed E-state index contributed by atoms with van der Waals surface area (Å²) in [6.07, 6.45) is 1.21. The first-order valence-corrected chi connectivity index (χ1v) is 10.5. The molecule has 0 fully saturated rings. The number of aromatic nitrogens is 3. The number of hydrogen-bond acceptors (Lipinski definition) is 9. The van der Waals surface area contributed by atoms with E-state index >= 15 is 0 Å². The number of rotatable bonds is 7. The Kier molecular flexibility index (Phi) is 5.35. The Hall–Kier alpha value is -0.710. The molecule has 2 rings (SSSR count). The van der Waals surface area contributed by atoms with Crippen molar-refractivity contribution < 1.29 is 8.42 Å². The molecular formula is C10H14N4O2S4. The molecule has 0 aromatic carbocycles. The van der Waals surface area contributed by atoms with Gasteiger partial charge in [0.25, 0.3) is 0 Å². The van der Waals surface area contributed by atoms with Gasteiger partial charge in [0.2, 0.25) is 5.13 Å². The normalized spacial score (nSPS) is 11.7. The summed E-state index contributed by atoms with van der Waals surface area (Å²) in [7, 11) is -3.02. The molecule has 0 bridgehead atoms. The van der Waals surface area contributed by atoms with Crippen LogP contribution in [0.5, 0.6) is 0 Å². The lowest BCUT2D eigenvalue weighted by Crippen LogP contribution is -2.00. The van der Waals surface area contributed by atoms with Gasteiger partial charge < -0.3 is 5.32 Å². The van der Waals surface area contributed by atoms with Crippen molar-refractivity contribution in [3.8, 4) is 0 Å². The molecule has 10 heteroatoms. The van der Waals surface area contributed by atoms with E-state index in [-0.39, 0.29) is 5.75 Å². The van der Waals surface area contributed by atoms with Gasteiger partial charge in [0.1, 0.15) is 10.8 Å². The smallest absolute Gasteiger partial charge is 0.206 e. The van der Waals surface area contributed by atoms with E-state index in [9.17, 15) is 8.42 Å². The van der Waals surface area contributed by atoms with Crippen LogP contribution in [-0.2, 0) is 21.3 Å². The highest BCUT2D eigenvalue weighted by molar-refractivity contribution is 8.00. The maximum Gasteiger partial charge on any atom is 0.206 e. The minimum absolute atomic E-state index is 0.00566. The van der Waals surface area contributed by atoms with Crippen LogP contribution < -0.4 is 5.32 Å². The zero-order chi connectivity index (χ0) is 14.6. The van der Waals surface area contributed by atoms with Crippen LogP contribution in [0.15, 0.2) is 9.72 Å². The molecule has 0 saturated heterocycles. The molecule has 110 valence electrons. The van der Waals surface area contributed by atoms with E-state index in [1.54, 1.807) is 11.8 Å². The fourth-order valence-corrected chi connectivity index (χ4v) is 5.16. The number of hydrogen-bond donors (Lipinski definition) is 1. The fourth-order valence-electron chi connectivity index (χ4n) is 1.33. The summed E-state index contributed by atoms with van der Waals surface area (Å²) < 4.78 is 23.3. The summed E-state index contributed by atoms with van der Waals surface area (Å²) in [5.41, 5.74) is 0.874. The second-order valence-electron chi connectivity index (χ2n) is 3.99. The topological polar surface area (TPSA) is 84.8 Å². The highest BCUT2D eigenvalue weighted by Crippen LogP contribution is 2.28. The third kappa shape index (κ3) is 5.00. The predicted octanol–water partition coefficient (Wildman–Crippen LogP) is 2.26. The SMILES string of the molecule is CCNc1nnc(SCc2csc(CS(C)(=O)=O)n2)s1. The zero-order valence-corrected chi connectivity index (χ0v) is 14.3. The average molecular weight is 351 g/mol. The first kappa shape index (κ1) is 15.7. The van der Waals surface area contributed by atoms with Crippen LogP contribution in [0.2, 0.25) is 0 Å². The largest absolute Gasteiger partial charge is 0.360 e. The first-order chi connectivity index (χ1) is 9.46. The van der Waals surface area contributed by atoms with E-state index < -0.39 is 9.84 Å². The summed E-state index contributed by atoms with van der Waals surface area (Å²) in [6, 6.07) is 0. The highest BCUT2D eigenvalue weighted by atomic mass is 32.2. The lowest BCUT2D eigenvalue weighted by atomic mass is 10.6. The number of anilines is 1. The maximum absolute atomic E-state index is 11.2. The van der Waals surface area contributed by atoms with Crippen LogP contribution in [0, 0.1) is 0 Å². The van der Waals surface area contributed by atoms with Gasteiger partial charge in [0, 0.05) is 23.9 Å². The molecule has 20 heavy (non-hydrogen) atoms. The molecule has 1 N–H and O–H groups in total. The third-order valence-electron chi connectivity index (χ3n) is 2.06. The zero-order valence-electron chi connectivity index (χ0n) is 11.0. The molecule has 0 atom stereocenters. The van der Waals surface area contributed by atoms with Crippen molar-refractivity contribution in [3.05, 3.63) is 16.1 Å². The molecular weight excluding hydrogens is 336 g/mol. The number of nitrogens with zero attached hydrogens (tertiary/aromatic N) is 3. The molecule has 0 amide bonds. The maximum atomic E-state index is 11.2. The Labute approximate surface area is 130 Å². The molecule has 0 aliphatic rings. The summed E-state index contributed by atoms with van der Waals surface area (Å²) in [6.45, 7) is 2.83. The molecule has 2 aromatic rings. The molecule has 0 saturated carbocycles. The molecule has 0 aliphatic carbocycles. The molecule has 0 spiro atoms.